The molecule has 0 amide bonds. The number of ketones is 2. The van der Waals surface area contributed by atoms with Crippen LogP contribution in [0.5, 0.6) is 0 Å². The molecule has 0 N–H and O–H groups in total. The van der Waals surface area contributed by atoms with Gasteiger partial charge in [-0.3, -0.25) is 9.59 Å². The van der Waals surface area contributed by atoms with E-state index in [1.54, 1.807) is 0 Å². The van der Waals surface area contributed by atoms with Crippen molar-refractivity contribution in [2.24, 2.45) is 0 Å². The average Bonchev–Trinajstić information content (AvgIpc) is 2.80. The fourth-order valence-electron chi connectivity index (χ4n) is 4.13. The Morgan fingerprint density at radius 2 is 1.03 bits per heavy atom. The highest BCUT2D eigenvalue weighted by Gasteiger charge is 2.26. The quantitative estimate of drug-likeness (QED) is 0.560. The summed E-state index contributed by atoms with van der Waals surface area (Å²) in [5.74, 6) is 0.550. The Morgan fingerprint density at radius 1 is 0.647 bits per heavy atom. The van der Waals surface area contributed by atoms with Crippen molar-refractivity contribution >= 4 is 11.6 Å². The molecule has 2 aliphatic rings. The van der Waals surface area contributed by atoms with E-state index in [9.17, 15) is 9.59 Å². The van der Waals surface area contributed by atoms with E-state index in [2.05, 4.69) is 0 Å². The van der Waals surface area contributed by atoms with Gasteiger partial charge in [-0.05, 0) is 25.0 Å². The number of benzene rings is 2. The minimum absolute atomic E-state index is 0.0292. The first kappa shape index (κ1) is 26.2. The molecule has 2 heterocycles. The molecule has 6 nitrogen and oxygen atoms in total. The van der Waals surface area contributed by atoms with E-state index in [-0.39, 0.29) is 36.0 Å². The first-order valence-corrected chi connectivity index (χ1v) is 12.1. The Bertz CT molecular complexity index is 795. The molecular weight excluding hydrogens is 432 g/mol. The molecule has 0 saturated carbocycles. The zero-order valence-electron chi connectivity index (χ0n) is 20.2. The minimum Gasteiger partial charge on any atom is -0.374 e. The summed E-state index contributed by atoms with van der Waals surface area (Å²) < 4.78 is 22.5. The lowest BCUT2D eigenvalue weighted by Crippen LogP contribution is -2.34. The molecular formula is C28H36O6. The number of carbonyl (C=O) groups is 2. The van der Waals surface area contributed by atoms with E-state index < -0.39 is 0 Å². The number of hydrogen-bond acceptors (Lipinski definition) is 6. The molecule has 0 spiro atoms. The number of rotatable bonds is 8. The highest BCUT2D eigenvalue weighted by atomic mass is 16.5. The van der Waals surface area contributed by atoms with Gasteiger partial charge in [0.2, 0.25) is 0 Å². The van der Waals surface area contributed by atoms with Gasteiger partial charge in [0.15, 0.2) is 0 Å². The third kappa shape index (κ3) is 9.85. The fraction of sp³-hybridized carbons (Fsp3) is 0.500. The maximum atomic E-state index is 11.4. The van der Waals surface area contributed by atoms with Gasteiger partial charge in [-0.15, -0.1) is 0 Å². The van der Waals surface area contributed by atoms with E-state index in [0.717, 1.165) is 11.1 Å². The summed E-state index contributed by atoms with van der Waals surface area (Å²) in [6.45, 7) is 5.99. The van der Waals surface area contributed by atoms with Crippen LogP contribution in [0.4, 0.5) is 0 Å². The Morgan fingerprint density at radius 3 is 1.38 bits per heavy atom. The van der Waals surface area contributed by atoms with Crippen LogP contribution in [0, 0.1) is 0 Å². The zero-order valence-corrected chi connectivity index (χ0v) is 20.2. The van der Waals surface area contributed by atoms with Crippen molar-refractivity contribution in [1.82, 2.24) is 0 Å². The monoisotopic (exact) mass is 468 g/mol. The molecule has 2 aromatic carbocycles. The molecule has 4 rings (SSSR count). The van der Waals surface area contributed by atoms with Gasteiger partial charge in [-0.2, -0.15) is 0 Å². The van der Waals surface area contributed by atoms with Crippen LogP contribution in [0.25, 0.3) is 0 Å². The summed E-state index contributed by atoms with van der Waals surface area (Å²) in [7, 11) is 0. The molecule has 2 fully saturated rings. The van der Waals surface area contributed by atoms with Crippen molar-refractivity contribution in [1.29, 1.82) is 0 Å². The van der Waals surface area contributed by atoms with Crippen molar-refractivity contribution in [3.8, 4) is 0 Å². The second-order valence-corrected chi connectivity index (χ2v) is 9.03. The van der Waals surface area contributed by atoms with Gasteiger partial charge in [0.25, 0.3) is 0 Å². The van der Waals surface area contributed by atoms with Gasteiger partial charge in [-0.1, -0.05) is 60.7 Å². The predicted molar refractivity (Wildman–Crippen MR) is 129 cm³/mol. The van der Waals surface area contributed by atoms with Crippen molar-refractivity contribution in [3.63, 3.8) is 0 Å². The molecule has 0 unspecified atom stereocenters. The van der Waals surface area contributed by atoms with Crippen molar-refractivity contribution in [3.05, 3.63) is 71.8 Å². The van der Waals surface area contributed by atoms with Crippen LogP contribution in [-0.4, -0.2) is 49.2 Å². The summed E-state index contributed by atoms with van der Waals surface area (Å²) in [6, 6.07) is 20.0. The largest absolute Gasteiger partial charge is 0.374 e. The number of hydrogen-bond donors (Lipinski definition) is 0. The smallest absolute Gasteiger partial charge is 0.138 e. The third-order valence-electron chi connectivity index (χ3n) is 5.62. The van der Waals surface area contributed by atoms with Crippen LogP contribution >= 0.6 is 0 Å². The maximum absolute atomic E-state index is 11.4. The molecule has 0 aromatic heterocycles. The zero-order chi connectivity index (χ0) is 24.2. The van der Waals surface area contributed by atoms with Crippen LogP contribution < -0.4 is 0 Å². The molecule has 0 aliphatic carbocycles. The van der Waals surface area contributed by atoms with Gasteiger partial charge in [-0.25, -0.2) is 0 Å². The van der Waals surface area contributed by atoms with Gasteiger partial charge in [0, 0.05) is 25.7 Å². The topological polar surface area (TPSA) is 71.1 Å². The second kappa shape index (κ2) is 14.1. The van der Waals surface area contributed by atoms with E-state index >= 15 is 0 Å². The van der Waals surface area contributed by atoms with Crippen molar-refractivity contribution in [2.45, 2.75) is 77.2 Å². The van der Waals surface area contributed by atoms with Gasteiger partial charge < -0.3 is 18.9 Å². The Labute approximate surface area is 202 Å². The van der Waals surface area contributed by atoms with E-state index in [1.165, 1.54) is 0 Å². The molecule has 34 heavy (non-hydrogen) atoms. The van der Waals surface area contributed by atoms with Crippen LogP contribution in [0.15, 0.2) is 60.7 Å². The first-order chi connectivity index (χ1) is 16.5. The maximum Gasteiger partial charge on any atom is 0.138 e. The summed E-state index contributed by atoms with van der Waals surface area (Å²) in [5, 5.41) is 0. The summed E-state index contributed by atoms with van der Waals surface area (Å²) in [5.41, 5.74) is 2.28. The number of Topliss-reactive ketones (excluding diaryl/α,β-unsaturated/α-hetero) is 2. The molecule has 0 bridgehead atoms. The van der Waals surface area contributed by atoms with Crippen LogP contribution in [-0.2, 0) is 41.8 Å². The summed E-state index contributed by atoms with van der Waals surface area (Å²) >= 11 is 0. The molecule has 4 atom stereocenters. The van der Waals surface area contributed by atoms with Gasteiger partial charge in [0.05, 0.1) is 50.8 Å². The Kier molecular flexibility index (Phi) is 10.9. The lowest BCUT2D eigenvalue weighted by atomic mass is 10.0. The predicted octanol–water partition coefficient (Wildman–Crippen LogP) is 4.68. The lowest BCUT2D eigenvalue weighted by Gasteiger charge is -2.26. The van der Waals surface area contributed by atoms with Gasteiger partial charge >= 0.3 is 0 Å². The van der Waals surface area contributed by atoms with Gasteiger partial charge in [0.1, 0.15) is 11.6 Å². The van der Waals surface area contributed by atoms with Crippen LogP contribution in [0.3, 0.4) is 0 Å². The highest BCUT2D eigenvalue weighted by molar-refractivity contribution is 5.80. The number of ether oxygens (including phenoxy) is 4. The standard InChI is InChI=1S/2C14H18O3/c2*1-11-7-13(15)8-14(17-11)10-16-9-12-5-3-2-4-6-12/h2*2-6,11,14H,7-10H2,1H3/t2*11-,14-/m10/s1. The Balaban J connectivity index is 0.000000191. The minimum atomic E-state index is -0.0741. The Hall–Kier alpha value is -2.38. The first-order valence-electron chi connectivity index (χ1n) is 12.1. The molecule has 0 radical (unpaired) electrons. The fourth-order valence-corrected chi connectivity index (χ4v) is 4.13. The molecule has 2 aromatic rings. The number of carbonyl (C=O) groups excluding carboxylic acids is 2. The second-order valence-electron chi connectivity index (χ2n) is 9.03. The molecule has 184 valence electrons. The van der Waals surface area contributed by atoms with E-state index in [0.29, 0.717) is 52.1 Å². The van der Waals surface area contributed by atoms with E-state index in [1.807, 2.05) is 74.5 Å². The normalized spacial score (nSPS) is 24.9. The third-order valence-corrected chi connectivity index (χ3v) is 5.62. The summed E-state index contributed by atoms with van der Waals surface area (Å²) in [4.78, 5) is 22.8. The highest BCUT2D eigenvalue weighted by Crippen LogP contribution is 2.17. The molecule has 2 aliphatic heterocycles. The SMILES string of the molecule is C[C@@H]1CC(=O)C[C@H](COCc2ccccc2)O1.C[C@H]1CC(=O)C[C@@H](COCc2ccccc2)O1. The van der Waals surface area contributed by atoms with Crippen molar-refractivity contribution < 1.29 is 28.5 Å². The average molecular weight is 469 g/mol. The van der Waals surface area contributed by atoms with Crippen molar-refractivity contribution in [2.75, 3.05) is 13.2 Å². The van der Waals surface area contributed by atoms with E-state index in [4.69, 9.17) is 18.9 Å². The van der Waals surface area contributed by atoms with Crippen LogP contribution in [0.2, 0.25) is 0 Å². The summed E-state index contributed by atoms with van der Waals surface area (Å²) in [6.07, 6.45) is 1.95. The lowest BCUT2D eigenvalue weighted by molar-refractivity contribution is -0.140. The molecule has 6 heteroatoms. The molecule has 2 saturated heterocycles. The van der Waals surface area contributed by atoms with Crippen LogP contribution in [0.1, 0.15) is 50.7 Å².